The quantitative estimate of drug-likeness (QED) is 0.271. The molecule has 0 atom stereocenters. The minimum Gasteiger partial charge on any atom is -0.474 e. The Morgan fingerprint density at radius 2 is 1.80 bits per heavy atom. The van der Waals surface area contributed by atoms with Crippen molar-refractivity contribution in [2.24, 2.45) is 0 Å². The SMILES string of the molecule is Cc1noc(C)c1-c1ccc(OC2CCN(C(=O)c3cc(F)ccc3CCc3ccc(N(C)C)cc3)CC2)nc1. The van der Waals surface area contributed by atoms with Crippen LogP contribution in [0.1, 0.15) is 45.8 Å². The average molecular weight is 543 g/mol. The second-order valence-corrected chi connectivity index (χ2v) is 10.6. The van der Waals surface area contributed by atoms with Crippen molar-refractivity contribution in [3.63, 3.8) is 0 Å². The van der Waals surface area contributed by atoms with Gasteiger partial charge in [-0.3, -0.25) is 4.79 Å². The second kappa shape index (κ2) is 11.9. The van der Waals surface area contributed by atoms with Gasteiger partial charge >= 0.3 is 0 Å². The highest BCUT2D eigenvalue weighted by Gasteiger charge is 2.26. The molecule has 0 N–H and O–H groups in total. The molecule has 4 aromatic rings. The van der Waals surface area contributed by atoms with Crippen LogP contribution >= 0.6 is 0 Å². The molecule has 2 aromatic heterocycles. The number of carbonyl (C=O) groups excluding carboxylic acids is 1. The summed E-state index contributed by atoms with van der Waals surface area (Å²) in [5, 5.41) is 4.01. The number of amides is 1. The van der Waals surface area contributed by atoms with Crippen molar-refractivity contribution in [2.75, 3.05) is 32.1 Å². The Labute approximate surface area is 234 Å². The summed E-state index contributed by atoms with van der Waals surface area (Å²) < 4.78 is 25.6. The molecule has 1 aliphatic heterocycles. The fourth-order valence-corrected chi connectivity index (χ4v) is 5.22. The number of pyridine rings is 1. The Balaban J connectivity index is 1.18. The molecular weight excluding hydrogens is 507 g/mol. The molecule has 8 heteroatoms. The van der Waals surface area contributed by atoms with E-state index in [2.05, 4.69) is 39.3 Å². The molecule has 2 aromatic carbocycles. The molecule has 1 aliphatic rings. The first kappa shape index (κ1) is 27.4. The third kappa shape index (κ3) is 6.17. The van der Waals surface area contributed by atoms with Crippen LogP contribution < -0.4 is 9.64 Å². The summed E-state index contributed by atoms with van der Waals surface area (Å²) >= 11 is 0. The van der Waals surface area contributed by atoms with Crippen molar-refractivity contribution in [1.82, 2.24) is 15.0 Å². The fraction of sp³-hybridized carbons (Fsp3) is 0.344. The maximum Gasteiger partial charge on any atom is 0.254 e. The summed E-state index contributed by atoms with van der Waals surface area (Å²) in [6.07, 6.45) is 4.53. The zero-order valence-electron chi connectivity index (χ0n) is 23.5. The standard InChI is InChI=1S/C32H35FN4O3/c1-21-31(22(2)40-35-21)25-10-14-30(34-20-25)39-28-15-17-37(18-16-28)32(38)29-19-26(33)11-9-24(29)8-5-23-6-12-27(13-7-23)36(3)4/h6-7,9-14,19-20,28H,5,8,15-18H2,1-4H3. The number of rotatable bonds is 8. The first-order valence-electron chi connectivity index (χ1n) is 13.7. The Morgan fingerprint density at radius 1 is 1.05 bits per heavy atom. The van der Waals surface area contributed by atoms with Crippen molar-refractivity contribution in [3.05, 3.63) is 94.8 Å². The molecule has 1 amide bonds. The van der Waals surface area contributed by atoms with Gasteiger partial charge in [0, 0.05) is 74.7 Å². The highest BCUT2D eigenvalue weighted by atomic mass is 19.1. The number of anilines is 1. The number of piperidine rings is 1. The van der Waals surface area contributed by atoms with Crippen molar-refractivity contribution in [2.45, 2.75) is 45.6 Å². The summed E-state index contributed by atoms with van der Waals surface area (Å²) in [5.74, 6) is 0.779. The van der Waals surface area contributed by atoms with Gasteiger partial charge in [0.15, 0.2) is 0 Å². The van der Waals surface area contributed by atoms with Crippen LogP contribution in [0.2, 0.25) is 0 Å². The van der Waals surface area contributed by atoms with Crippen LogP contribution in [-0.2, 0) is 12.8 Å². The Kier molecular flexibility index (Phi) is 8.14. The minimum atomic E-state index is -0.397. The van der Waals surface area contributed by atoms with Crippen molar-refractivity contribution < 1.29 is 18.4 Å². The normalized spacial score (nSPS) is 13.9. The van der Waals surface area contributed by atoms with Gasteiger partial charge in [0.2, 0.25) is 5.88 Å². The van der Waals surface area contributed by atoms with Gasteiger partial charge in [0.05, 0.1) is 5.69 Å². The number of nitrogens with zero attached hydrogens (tertiary/aromatic N) is 4. The summed E-state index contributed by atoms with van der Waals surface area (Å²) in [6.45, 7) is 4.87. The van der Waals surface area contributed by atoms with Gasteiger partial charge in [-0.1, -0.05) is 23.4 Å². The Bertz CT molecular complexity index is 1440. The number of ether oxygens (including phenoxy) is 1. The molecule has 0 bridgehead atoms. The largest absolute Gasteiger partial charge is 0.474 e. The van der Waals surface area contributed by atoms with E-state index in [1.54, 1.807) is 17.2 Å². The van der Waals surface area contributed by atoms with Crippen LogP contribution in [0.5, 0.6) is 5.88 Å². The smallest absolute Gasteiger partial charge is 0.254 e. The van der Waals surface area contributed by atoms with E-state index in [9.17, 15) is 9.18 Å². The maximum atomic E-state index is 14.2. The number of hydrogen-bond donors (Lipinski definition) is 0. The topological polar surface area (TPSA) is 71.7 Å². The Hall–Kier alpha value is -4.20. The first-order chi connectivity index (χ1) is 19.3. The zero-order chi connectivity index (χ0) is 28.2. The van der Waals surface area contributed by atoms with E-state index in [0.29, 0.717) is 43.8 Å². The number of carbonyl (C=O) groups is 1. The van der Waals surface area contributed by atoms with Crippen LogP contribution in [-0.4, -0.2) is 54.2 Å². The number of aromatic nitrogens is 2. The predicted octanol–water partition coefficient (Wildman–Crippen LogP) is 6.03. The van der Waals surface area contributed by atoms with Gasteiger partial charge in [-0.25, -0.2) is 9.37 Å². The molecule has 7 nitrogen and oxygen atoms in total. The molecule has 208 valence electrons. The van der Waals surface area contributed by atoms with E-state index in [1.807, 2.05) is 40.1 Å². The number of hydrogen-bond acceptors (Lipinski definition) is 6. The molecule has 1 saturated heterocycles. The molecule has 0 radical (unpaired) electrons. The van der Waals surface area contributed by atoms with Gasteiger partial charge in [-0.05, 0) is 68.1 Å². The third-order valence-electron chi connectivity index (χ3n) is 7.51. The van der Waals surface area contributed by atoms with E-state index in [-0.39, 0.29) is 12.0 Å². The summed E-state index contributed by atoms with van der Waals surface area (Å²) in [4.78, 5) is 21.8. The van der Waals surface area contributed by atoms with E-state index in [0.717, 1.165) is 40.3 Å². The number of halogens is 1. The van der Waals surface area contributed by atoms with Crippen LogP contribution in [0.3, 0.4) is 0 Å². The van der Waals surface area contributed by atoms with Crippen LogP contribution in [0.15, 0.2) is 65.3 Å². The van der Waals surface area contributed by atoms with Gasteiger partial charge in [-0.2, -0.15) is 0 Å². The summed E-state index contributed by atoms with van der Waals surface area (Å²) in [7, 11) is 4.02. The highest BCUT2D eigenvalue weighted by molar-refractivity contribution is 5.95. The lowest BCUT2D eigenvalue weighted by Gasteiger charge is -2.32. The predicted molar refractivity (Wildman–Crippen MR) is 153 cm³/mol. The summed E-state index contributed by atoms with van der Waals surface area (Å²) in [5.41, 5.74) is 6.33. The lowest BCUT2D eigenvalue weighted by molar-refractivity contribution is 0.0586. The monoisotopic (exact) mass is 542 g/mol. The molecular formula is C32H35FN4O3. The summed E-state index contributed by atoms with van der Waals surface area (Å²) in [6, 6.07) is 16.7. The van der Waals surface area contributed by atoms with E-state index in [1.165, 1.54) is 17.7 Å². The second-order valence-electron chi connectivity index (χ2n) is 10.6. The van der Waals surface area contributed by atoms with Crippen LogP contribution in [0.4, 0.5) is 10.1 Å². The highest BCUT2D eigenvalue weighted by Crippen LogP contribution is 2.28. The van der Waals surface area contributed by atoms with Crippen LogP contribution in [0.25, 0.3) is 11.1 Å². The van der Waals surface area contributed by atoms with Gasteiger partial charge in [-0.15, -0.1) is 0 Å². The van der Waals surface area contributed by atoms with E-state index in [4.69, 9.17) is 9.26 Å². The molecule has 0 unspecified atom stereocenters. The average Bonchev–Trinajstić information content (AvgIpc) is 3.30. The lowest BCUT2D eigenvalue weighted by Crippen LogP contribution is -2.42. The molecule has 5 rings (SSSR count). The maximum absolute atomic E-state index is 14.2. The number of aryl methyl sites for hydroxylation is 4. The van der Waals surface area contributed by atoms with Gasteiger partial charge < -0.3 is 19.1 Å². The van der Waals surface area contributed by atoms with E-state index < -0.39 is 5.82 Å². The van der Waals surface area contributed by atoms with E-state index >= 15 is 0 Å². The zero-order valence-corrected chi connectivity index (χ0v) is 23.5. The molecule has 3 heterocycles. The van der Waals surface area contributed by atoms with Crippen molar-refractivity contribution in [1.29, 1.82) is 0 Å². The fourth-order valence-electron chi connectivity index (χ4n) is 5.22. The lowest BCUT2D eigenvalue weighted by atomic mass is 9.97. The number of likely N-dealkylation sites (tertiary alicyclic amines) is 1. The molecule has 40 heavy (non-hydrogen) atoms. The molecule has 0 saturated carbocycles. The number of benzene rings is 2. The third-order valence-corrected chi connectivity index (χ3v) is 7.51. The van der Waals surface area contributed by atoms with Gasteiger partial charge in [0.25, 0.3) is 5.91 Å². The van der Waals surface area contributed by atoms with Gasteiger partial charge in [0.1, 0.15) is 17.7 Å². The molecule has 1 fully saturated rings. The molecule has 0 spiro atoms. The minimum absolute atomic E-state index is 0.0430. The van der Waals surface area contributed by atoms with Crippen molar-refractivity contribution in [3.8, 4) is 17.0 Å². The van der Waals surface area contributed by atoms with Crippen LogP contribution in [0, 0.1) is 19.7 Å². The van der Waals surface area contributed by atoms with Crippen molar-refractivity contribution >= 4 is 11.6 Å². The Morgan fingerprint density at radius 3 is 2.42 bits per heavy atom. The molecule has 0 aliphatic carbocycles. The first-order valence-corrected chi connectivity index (χ1v) is 13.7.